The molecule has 13 heavy (non-hydrogen) atoms. The van der Waals surface area contributed by atoms with Gasteiger partial charge < -0.3 is 11.1 Å². The van der Waals surface area contributed by atoms with Gasteiger partial charge in [-0.1, -0.05) is 20.8 Å². The van der Waals surface area contributed by atoms with Gasteiger partial charge in [0, 0.05) is 13.0 Å². The molecule has 0 spiro atoms. The Morgan fingerprint density at radius 1 is 1.62 bits per heavy atom. The van der Waals surface area contributed by atoms with Crippen LogP contribution in [0.2, 0.25) is 0 Å². The molecule has 0 aliphatic heterocycles. The molecule has 3 heteroatoms. The Balaban J connectivity index is 3.92. The van der Waals surface area contributed by atoms with E-state index in [1.807, 2.05) is 20.8 Å². The molecule has 1 amide bonds. The van der Waals surface area contributed by atoms with E-state index < -0.39 is 6.04 Å². The molecule has 0 radical (unpaired) electrons. The zero-order valence-corrected chi connectivity index (χ0v) is 8.55. The maximum atomic E-state index is 11.4. The normalized spacial score (nSPS) is 13.2. The maximum Gasteiger partial charge on any atom is 0.237 e. The fourth-order valence-electron chi connectivity index (χ4n) is 0.761. The van der Waals surface area contributed by atoms with Gasteiger partial charge in [-0.25, -0.2) is 0 Å². The van der Waals surface area contributed by atoms with Gasteiger partial charge in [0.2, 0.25) is 5.91 Å². The van der Waals surface area contributed by atoms with E-state index in [4.69, 9.17) is 12.2 Å². The van der Waals surface area contributed by atoms with E-state index in [0.29, 0.717) is 13.0 Å². The van der Waals surface area contributed by atoms with Gasteiger partial charge in [-0.05, 0) is 5.41 Å². The van der Waals surface area contributed by atoms with E-state index in [0.717, 1.165) is 0 Å². The molecule has 0 aromatic rings. The lowest BCUT2D eigenvalue weighted by Gasteiger charge is -2.25. The maximum absolute atomic E-state index is 11.4. The Morgan fingerprint density at radius 3 is 2.54 bits per heavy atom. The third-order valence-electron chi connectivity index (χ3n) is 1.78. The summed E-state index contributed by atoms with van der Waals surface area (Å²) in [5.41, 5.74) is 5.50. The molecule has 0 saturated heterocycles. The van der Waals surface area contributed by atoms with E-state index in [-0.39, 0.29) is 11.3 Å². The Morgan fingerprint density at radius 2 is 2.15 bits per heavy atom. The molecule has 0 aromatic carbocycles. The van der Waals surface area contributed by atoms with Crippen molar-refractivity contribution in [2.75, 3.05) is 6.54 Å². The molecule has 74 valence electrons. The quantitative estimate of drug-likeness (QED) is 0.493. The van der Waals surface area contributed by atoms with Gasteiger partial charge >= 0.3 is 0 Å². The highest BCUT2D eigenvalue weighted by Gasteiger charge is 2.26. The molecule has 0 rings (SSSR count). The second kappa shape index (κ2) is 4.88. The first-order chi connectivity index (χ1) is 5.89. The molecule has 0 bridgehead atoms. The van der Waals surface area contributed by atoms with E-state index >= 15 is 0 Å². The zero-order valence-electron chi connectivity index (χ0n) is 8.55. The van der Waals surface area contributed by atoms with E-state index in [2.05, 4.69) is 11.2 Å². The van der Waals surface area contributed by atoms with Crippen LogP contribution in [-0.2, 0) is 4.79 Å². The van der Waals surface area contributed by atoms with Gasteiger partial charge in [0.25, 0.3) is 0 Å². The highest BCUT2D eigenvalue weighted by molar-refractivity contribution is 5.82. The second-order valence-corrected chi connectivity index (χ2v) is 4.09. The van der Waals surface area contributed by atoms with Crippen molar-refractivity contribution in [3.8, 4) is 12.3 Å². The van der Waals surface area contributed by atoms with Crippen molar-refractivity contribution in [1.29, 1.82) is 0 Å². The Hall–Kier alpha value is -1.01. The molecule has 0 aromatic heterocycles. The highest BCUT2D eigenvalue weighted by Crippen LogP contribution is 2.16. The number of terminal acetylenes is 1. The van der Waals surface area contributed by atoms with Gasteiger partial charge in [0.05, 0.1) is 6.04 Å². The fraction of sp³-hybridized carbons (Fsp3) is 0.700. The summed E-state index contributed by atoms with van der Waals surface area (Å²) in [6.45, 7) is 6.29. The van der Waals surface area contributed by atoms with Gasteiger partial charge in [-0.2, -0.15) is 0 Å². The average Bonchev–Trinajstić information content (AvgIpc) is 2.01. The van der Waals surface area contributed by atoms with Crippen molar-refractivity contribution in [3.63, 3.8) is 0 Å². The van der Waals surface area contributed by atoms with Crippen LogP contribution in [0.1, 0.15) is 27.2 Å². The molecular formula is C10H18N2O. The van der Waals surface area contributed by atoms with Crippen LogP contribution in [0.3, 0.4) is 0 Å². The van der Waals surface area contributed by atoms with E-state index in [9.17, 15) is 4.79 Å². The average molecular weight is 182 g/mol. The summed E-state index contributed by atoms with van der Waals surface area (Å²) in [5, 5.41) is 2.68. The van der Waals surface area contributed by atoms with E-state index in [1.165, 1.54) is 0 Å². The van der Waals surface area contributed by atoms with Gasteiger partial charge in [-0.15, -0.1) is 12.3 Å². The third kappa shape index (κ3) is 4.54. The summed E-state index contributed by atoms with van der Waals surface area (Å²) in [6, 6.07) is -0.481. The SMILES string of the molecule is C#CCCNC(=O)[C@@H](N)C(C)(C)C. The second-order valence-electron chi connectivity index (χ2n) is 4.09. The molecular weight excluding hydrogens is 164 g/mol. The van der Waals surface area contributed by atoms with Crippen molar-refractivity contribution in [1.82, 2.24) is 5.32 Å². The van der Waals surface area contributed by atoms with Crippen LogP contribution in [0, 0.1) is 17.8 Å². The number of carbonyl (C=O) groups is 1. The molecule has 0 aliphatic carbocycles. The molecule has 3 nitrogen and oxygen atoms in total. The summed E-state index contributed by atoms with van der Waals surface area (Å²) >= 11 is 0. The van der Waals surface area contributed by atoms with Crippen LogP contribution in [0.25, 0.3) is 0 Å². The predicted molar refractivity (Wildman–Crippen MR) is 53.9 cm³/mol. The lowest BCUT2D eigenvalue weighted by atomic mass is 9.87. The Labute approximate surface area is 80.1 Å². The van der Waals surface area contributed by atoms with Gasteiger partial charge in [0.15, 0.2) is 0 Å². The monoisotopic (exact) mass is 182 g/mol. The van der Waals surface area contributed by atoms with Crippen LogP contribution in [0.15, 0.2) is 0 Å². The number of hydrogen-bond acceptors (Lipinski definition) is 2. The molecule has 0 heterocycles. The van der Waals surface area contributed by atoms with Crippen molar-refractivity contribution < 1.29 is 4.79 Å². The number of hydrogen-bond donors (Lipinski definition) is 2. The summed E-state index contributed by atoms with van der Waals surface area (Å²) in [6.07, 6.45) is 5.59. The van der Waals surface area contributed by atoms with Crippen molar-refractivity contribution in [3.05, 3.63) is 0 Å². The first-order valence-corrected chi connectivity index (χ1v) is 4.36. The van der Waals surface area contributed by atoms with Crippen LogP contribution in [-0.4, -0.2) is 18.5 Å². The number of carbonyl (C=O) groups excluding carboxylic acids is 1. The molecule has 0 aliphatic rings. The molecule has 0 unspecified atom stereocenters. The Bertz CT molecular complexity index is 210. The number of rotatable bonds is 3. The first kappa shape index (κ1) is 12.0. The van der Waals surface area contributed by atoms with Crippen LogP contribution < -0.4 is 11.1 Å². The molecule has 0 saturated carbocycles. The minimum absolute atomic E-state index is 0.136. The number of nitrogens with two attached hydrogens (primary N) is 1. The van der Waals surface area contributed by atoms with E-state index in [1.54, 1.807) is 0 Å². The highest BCUT2D eigenvalue weighted by atomic mass is 16.2. The van der Waals surface area contributed by atoms with Crippen molar-refractivity contribution in [2.45, 2.75) is 33.2 Å². The summed E-state index contributed by atoms with van der Waals surface area (Å²) in [5.74, 6) is 2.31. The predicted octanol–water partition coefficient (Wildman–Crippen LogP) is 0.499. The minimum Gasteiger partial charge on any atom is -0.354 e. The van der Waals surface area contributed by atoms with Gasteiger partial charge in [-0.3, -0.25) is 4.79 Å². The molecule has 3 N–H and O–H groups in total. The topological polar surface area (TPSA) is 55.1 Å². The van der Waals surface area contributed by atoms with Crippen LogP contribution >= 0.6 is 0 Å². The van der Waals surface area contributed by atoms with Crippen LogP contribution in [0.5, 0.6) is 0 Å². The smallest absolute Gasteiger partial charge is 0.237 e. The van der Waals surface area contributed by atoms with Crippen molar-refractivity contribution in [2.24, 2.45) is 11.1 Å². The first-order valence-electron chi connectivity index (χ1n) is 4.36. The standard InChI is InChI=1S/C10H18N2O/c1-5-6-7-12-9(13)8(11)10(2,3)4/h1,8H,6-7,11H2,2-4H3,(H,12,13)/t8-/m1/s1. The molecule has 0 fully saturated rings. The zero-order chi connectivity index (χ0) is 10.5. The largest absolute Gasteiger partial charge is 0.354 e. The Kier molecular flexibility index (Phi) is 4.50. The fourth-order valence-corrected chi connectivity index (χ4v) is 0.761. The lowest BCUT2D eigenvalue weighted by Crippen LogP contribution is -2.48. The summed E-state index contributed by atoms with van der Waals surface area (Å²) in [4.78, 5) is 11.4. The lowest BCUT2D eigenvalue weighted by molar-refractivity contribution is -0.124. The number of nitrogens with one attached hydrogen (secondary N) is 1. The van der Waals surface area contributed by atoms with Crippen molar-refractivity contribution >= 4 is 5.91 Å². The third-order valence-corrected chi connectivity index (χ3v) is 1.78. The molecule has 1 atom stereocenters. The summed E-state index contributed by atoms with van der Waals surface area (Å²) in [7, 11) is 0. The number of amides is 1. The van der Waals surface area contributed by atoms with Crippen LogP contribution in [0.4, 0.5) is 0 Å². The van der Waals surface area contributed by atoms with Gasteiger partial charge in [0.1, 0.15) is 0 Å². The minimum atomic E-state index is -0.481. The summed E-state index contributed by atoms with van der Waals surface area (Å²) < 4.78 is 0.